The standard InChI is InChI=1S/C5H5NO2.Fe/c7-4-1-2-6-3-5(4)8;/h1-3,5,8H;/q;+3. The van der Waals surface area contributed by atoms with Gasteiger partial charge in [-0.15, -0.1) is 0 Å². The quantitative estimate of drug-likeness (QED) is 0.495. The van der Waals surface area contributed by atoms with Gasteiger partial charge in [0.1, 0.15) is 0 Å². The Hall–Kier alpha value is -0.441. The third-order valence-corrected chi connectivity index (χ3v) is 0.844. The van der Waals surface area contributed by atoms with Crippen LogP contribution < -0.4 is 0 Å². The molecule has 4 heteroatoms. The third-order valence-electron chi connectivity index (χ3n) is 0.844. The van der Waals surface area contributed by atoms with E-state index < -0.39 is 6.10 Å². The topological polar surface area (TPSA) is 49.7 Å². The fraction of sp³-hybridized carbons (Fsp3) is 0.200. The van der Waals surface area contributed by atoms with Gasteiger partial charge in [0.15, 0.2) is 11.9 Å². The van der Waals surface area contributed by atoms with E-state index in [1.807, 2.05) is 0 Å². The predicted molar refractivity (Wildman–Crippen MR) is 28.6 cm³/mol. The second-order valence-electron chi connectivity index (χ2n) is 1.46. The summed E-state index contributed by atoms with van der Waals surface area (Å²) >= 11 is 0. The van der Waals surface area contributed by atoms with E-state index in [0.717, 1.165) is 0 Å². The number of carbonyl (C=O) groups excluding carboxylic acids is 1. The number of nitrogens with zero attached hydrogens (tertiary/aromatic N) is 1. The zero-order valence-corrected chi connectivity index (χ0v) is 5.57. The van der Waals surface area contributed by atoms with Crippen molar-refractivity contribution in [1.29, 1.82) is 0 Å². The van der Waals surface area contributed by atoms with Crippen molar-refractivity contribution in [3.63, 3.8) is 0 Å². The molecular formula is C5H5FeNO2+3. The van der Waals surface area contributed by atoms with Crippen LogP contribution in [0.4, 0.5) is 0 Å². The van der Waals surface area contributed by atoms with Gasteiger partial charge in [-0.1, -0.05) is 0 Å². The van der Waals surface area contributed by atoms with Crippen molar-refractivity contribution in [3.05, 3.63) is 12.3 Å². The molecule has 0 aromatic heterocycles. The van der Waals surface area contributed by atoms with Gasteiger partial charge in [0.2, 0.25) is 0 Å². The minimum absolute atomic E-state index is 0. The fourth-order valence-electron chi connectivity index (χ4n) is 0.420. The first-order valence-corrected chi connectivity index (χ1v) is 2.22. The van der Waals surface area contributed by atoms with E-state index in [-0.39, 0.29) is 22.9 Å². The molecule has 0 aromatic carbocycles. The number of aliphatic imine (C=N–C) groups is 1. The smallest absolute Gasteiger partial charge is 0.379 e. The average Bonchev–Trinajstić information content (AvgIpc) is 1.77. The molecule has 47 valence electrons. The van der Waals surface area contributed by atoms with Crippen LogP contribution in [0.2, 0.25) is 0 Å². The van der Waals surface area contributed by atoms with Gasteiger partial charge < -0.3 is 5.11 Å². The van der Waals surface area contributed by atoms with Gasteiger partial charge in [0.05, 0.1) is 0 Å². The van der Waals surface area contributed by atoms with Crippen molar-refractivity contribution < 1.29 is 27.0 Å². The zero-order chi connectivity index (χ0) is 5.98. The van der Waals surface area contributed by atoms with Crippen LogP contribution in [-0.2, 0) is 21.9 Å². The Labute approximate surface area is 63.0 Å². The molecule has 0 amide bonds. The van der Waals surface area contributed by atoms with Gasteiger partial charge in [0, 0.05) is 18.5 Å². The van der Waals surface area contributed by atoms with Crippen LogP contribution in [-0.4, -0.2) is 23.2 Å². The van der Waals surface area contributed by atoms with E-state index in [1.54, 1.807) is 0 Å². The molecule has 1 heterocycles. The van der Waals surface area contributed by atoms with Gasteiger partial charge >= 0.3 is 17.1 Å². The average molecular weight is 167 g/mol. The molecule has 1 rings (SSSR count). The molecule has 1 aliphatic heterocycles. The Balaban J connectivity index is 0.000000640. The Kier molecular flexibility index (Phi) is 3.39. The Bertz CT molecular complexity index is 164. The van der Waals surface area contributed by atoms with Crippen LogP contribution in [0.3, 0.4) is 0 Å². The minimum Gasteiger partial charge on any atom is -0.379 e. The zero-order valence-electron chi connectivity index (χ0n) is 4.47. The van der Waals surface area contributed by atoms with Crippen molar-refractivity contribution in [3.8, 4) is 0 Å². The Morgan fingerprint density at radius 3 is 2.67 bits per heavy atom. The predicted octanol–water partition coefficient (Wildman–Crippen LogP) is -0.488. The Morgan fingerprint density at radius 1 is 1.67 bits per heavy atom. The number of ketones is 1. The van der Waals surface area contributed by atoms with Crippen LogP contribution in [0.5, 0.6) is 0 Å². The Morgan fingerprint density at radius 2 is 2.33 bits per heavy atom. The first-order chi connectivity index (χ1) is 3.80. The SMILES string of the molecule is O=C1C=CN=CC1O.[Fe+3]. The summed E-state index contributed by atoms with van der Waals surface area (Å²) in [6.07, 6.45) is 2.78. The second-order valence-corrected chi connectivity index (χ2v) is 1.46. The molecule has 1 radical (unpaired) electrons. The van der Waals surface area contributed by atoms with Crippen LogP contribution in [0, 0.1) is 0 Å². The summed E-state index contributed by atoms with van der Waals surface area (Å²) in [6.45, 7) is 0. The maximum atomic E-state index is 10.4. The third kappa shape index (κ3) is 2.10. The monoisotopic (exact) mass is 167 g/mol. The summed E-state index contributed by atoms with van der Waals surface area (Å²) in [4.78, 5) is 13.9. The largest absolute Gasteiger partial charge is 3.00 e. The normalized spacial score (nSPS) is 23.7. The van der Waals surface area contributed by atoms with Crippen molar-refractivity contribution in [1.82, 2.24) is 0 Å². The maximum absolute atomic E-state index is 10.4. The van der Waals surface area contributed by atoms with Gasteiger partial charge in [-0.25, -0.2) is 0 Å². The molecule has 9 heavy (non-hydrogen) atoms. The molecule has 1 atom stereocenters. The first-order valence-electron chi connectivity index (χ1n) is 2.22. The number of rotatable bonds is 0. The summed E-state index contributed by atoms with van der Waals surface area (Å²) in [5.74, 6) is -0.306. The molecule has 0 spiro atoms. The number of carbonyl (C=O) groups is 1. The van der Waals surface area contributed by atoms with E-state index >= 15 is 0 Å². The summed E-state index contributed by atoms with van der Waals surface area (Å²) < 4.78 is 0. The van der Waals surface area contributed by atoms with Gasteiger partial charge in [-0.05, 0) is 0 Å². The molecule has 0 bridgehead atoms. The van der Waals surface area contributed by atoms with Crippen molar-refractivity contribution in [2.24, 2.45) is 4.99 Å². The molecule has 0 aliphatic carbocycles. The van der Waals surface area contributed by atoms with E-state index in [0.29, 0.717) is 0 Å². The van der Waals surface area contributed by atoms with Gasteiger partial charge in [-0.2, -0.15) is 0 Å². The number of hydrogen-bond donors (Lipinski definition) is 1. The van der Waals surface area contributed by atoms with E-state index in [1.165, 1.54) is 18.5 Å². The summed E-state index contributed by atoms with van der Waals surface area (Å²) in [6, 6.07) is 0. The molecule has 3 nitrogen and oxygen atoms in total. The molecule has 1 aliphatic rings. The van der Waals surface area contributed by atoms with Gasteiger partial charge in [0.25, 0.3) is 0 Å². The first kappa shape index (κ1) is 8.56. The van der Waals surface area contributed by atoms with Crippen molar-refractivity contribution >= 4 is 12.0 Å². The maximum Gasteiger partial charge on any atom is 3.00 e. The molecule has 0 saturated heterocycles. The van der Waals surface area contributed by atoms with Crippen molar-refractivity contribution in [2.45, 2.75) is 6.10 Å². The van der Waals surface area contributed by atoms with Crippen LogP contribution in [0.25, 0.3) is 0 Å². The minimum atomic E-state index is -1.01. The number of aliphatic hydroxyl groups excluding tert-OH is 1. The van der Waals surface area contributed by atoms with E-state index in [4.69, 9.17) is 5.11 Å². The summed E-state index contributed by atoms with van der Waals surface area (Å²) in [7, 11) is 0. The summed E-state index contributed by atoms with van der Waals surface area (Å²) in [5, 5.41) is 8.63. The molecule has 0 fully saturated rings. The molecule has 1 N–H and O–H groups in total. The number of hydrogen-bond acceptors (Lipinski definition) is 3. The number of aliphatic hydroxyl groups is 1. The van der Waals surface area contributed by atoms with E-state index in [2.05, 4.69) is 4.99 Å². The van der Waals surface area contributed by atoms with Crippen LogP contribution in [0.15, 0.2) is 17.3 Å². The van der Waals surface area contributed by atoms with E-state index in [9.17, 15) is 4.79 Å². The molecule has 0 saturated carbocycles. The van der Waals surface area contributed by atoms with Crippen molar-refractivity contribution in [2.75, 3.05) is 0 Å². The molecule has 0 aromatic rings. The summed E-state index contributed by atoms with van der Waals surface area (Å²) in [5.41, 5.74) is 0. The fourth-order valence-corrected chi connectivity index (χ4v) is 0.420. The second kappa shape index (κ2) is 3.56. The molecule has 1 unspecified atom stereocenters. The van der Waals surface area contributed by atoms with Gasteiger partial charge in [-0.3, -0.25) is 9.79 Å². The molecular weight excluding hydrogens is 162 g/mol. The van der Waals surface area contributed by atoms with Crippen LogP contribution in [0.1, 0.15) is 0 Å². The van der Waals surface area contributed by atoms with Crippen LogP contribution >= 0.6 is 0 Å².